The number of hydrogen-bond acceptors (Lipinski definition) is 1. The van der Waals surface area contributed by atoms with E-state index in [9.17, 15) is 4.79 Å². The highest BCUT2D eigenvalue weighted by molar-refractivity contribution is 9.10. The molecule has 0 saturated carbocycles. The fraction of sp³-hybridized carbons (Fsp3) is 0.100. The molecule has 0 N–H and O–H groups in total. The molecule has 62 valence electrons. The molecule has 0 aliphatic rings. The maximum absolute atomic E-state index is 10.2. The van der Waals surface area contributed by atoms with Gasteiger partial charge in [-0.15, -0.1) is 0 Å². The second kappa shape index (κ2) is 4.21. The Morgan fingerprint density at radius 3 is 2.83 bits per heavy atom. The first-order valence-electron chi connectivity index (χ1n) is 3.62. The van der Waals surface area contributed by atoms with Crippen LogP contribution in [-0.4, -0.2) is 6.29 Å². The van der Waals surface area contributed by atoms with E-state index in [2.05, 4.69) is 15.9 Å². The number of allylic oxidation sites excluding steroid dienone is 2. The maximum Gasteiger partial charge on any atom is 0.143 e. The van der Waals surface area contributed by atoms with Crippen LogP contribution in [0.25, 0.3) is 5.57 Å². The normalized spacial score (nSPS) is 11.3. The van der Waals surface area contributed by atoms with E-state index in [0.29, 0.717) is 0 Å². The highest BCUT2D eigenvalue weighted by Gasteiger charge is 1.94. The fourth-order valence-corrected chi connectivity index (χ4v) is 1.33. The predicted molar refractivity (Wildman–Crippen MR) is 53.9 cm³/mol. The lowest BCUT2D eigenvalue weighted by molar-refractivity contribution is -0.104. The van der Waals surface area contributed by atoms with Crippen LogP contribution in [0.5, 0.6) is 0 Å². The molecule has 1 aromatic rings. The quantitative estimate of drug-likeness (QED) is 0.558. The number of aldehydes is 1. The Balaban J connectivity index is 3.03. The van der Waals surface area contributed by atoms with E-state index < -0.39 is 0 Å². The lowest BCUT2D eigenvalue weighted by Gasteiger charge is -1.99. The van der Waals surface area contributed by atoms with Crippen LogP contribution in [0, 0.1) is 0 Å². The van der Waals surface area contributed by atoms with Crippen molar-refractivity contribution in [3.8, 4) is 0 Å². The van der Waals surface area contributed by atoms with Crippen molar-refractivity contribution in [1.82, 2.24) is 0 Å². The molecule has 0 heterocycles. The fourth-order valence-electron chi connectivity index (χ4n) is 0.932. The summed E-state index contributed by atoms with van der Waals surface area (Å²) in [6.07, 6.45) is 2.36. The molecule has 0 unspecified atom stereocenters. The summed E-state index contributed by atoms with van der Waals surface area (Å²) in [6, 6.07) is 7.86. The minimum atomic E-state index is 0.802. The Hall–Kier alpha value is -0.890. The number of rotatable bonds is 2. The van der Waals surface area contributed by atoms with E-state index in [-0.39, 0.29) is 0 Å². The first-order chi connectivity index (χ1) is 5.74. The van der Waals surface area contributed by atoms with Gasteiger partial charge in [-0.25, -0.2) is 0 Å². The van der Waals surface area contributed by atoms with Gasteiger partial charge in [0.1, 0.15) is 6.29 Å². The third-order valence-electron chi connectivity index (χ3n) is 1.60. The Morgan fingerprint density at radius 2 is 2.25 bits per heavy atom. The highest BCUT2D eigenvalue weighted by Crippen LogP contribution is 2.17. The van der Waals surface area contributed by atoms with Crippen LogP contribution in [-0.2, 0) is 4.79 Å². The van der Waals surface area contributed by atoms with E-state index >= 15 is 0 Å². The minimum Gasteiger partial charge on any atom is -0.299 e. The largest absolute Gasteiger partial charge is 0.299 e. The van der Waals surface area contributed by atoms with Gasteiger partial charge >= 0.3 is 0 Å². The van der Waals surface area contributed by atoms with Crippen molar-refractivity contribution in [2.45, 2.75) is 6.92 Å². The summed E-state index contributed by atoms with van der Waals surface area (Å²) in [7, 11) is 0. The number of hydrogen-bond donors (Lipinski definition) is 0. The zero-order valence-electron chi connectivity index (χ0n) is 6.75. The van der Waals surface area contributed by atoms with Crippen molar-refractivity contribution < 1.29 is 4.79 Å². The van der Waals surface area contributed by atoms with Gasteiger partial charge < -0.3 is 0 Å². The molecule has 12 heavy (non-hydrogen) atoms. The minimum absolute atomic E-state index is 0.802. The summed E-state index contributed by atoms with van der Waals surface area (Å²) in [5, 5.41) is 0. The lowest BCUT2D eigenvalue weighted by Crippen LogP contribution is -1.79. The van der Waals surface area contributed by atoms with Gasteiger partial charge in [-0.05, 0) is 36.3 Å². The van der Waals surface area contributed by atoms with Gasteiger partial charge in [0, 0.05) is 4.47 Å². The van der Waals surface area contributed by atoms with Crippen molar-refractivity contribution in [2.24, 2.45) is 0 Å². The average Bonchev–Trinajstić information content (AvgIpc) is 2.05. The molecule has 0 atom stereocenters. The van der Waals surface area contributed by atoms with Crippen LogP contribution >= 0.6 is 15.9 Å². The van der Waals surface area contributed by atoms with Crippen molar-refractivity contribution in [1.29, 1.82) is 0 Å². The Kier molecular flexibility index (Phi) is 3.23. The molecule has 2 heteroatoms. The summed E-state index contributed by atoms with van der Waals surface area (Å²) in [4.78, 5) is 10.2. The topological polar surface area (TPSA) is 17.1 Å². The van der Waals surface area contributed by atoms with Gasteiger partial charge in [-0.2, -0.15) is 0 Å². The van der Waals surface area contributed by atoms with E-state index in [1.165, 1.54) is 0 Å². The van der Waals surface area contributed by atoms with Gasteiger partial charge in [0.2, 0.25) is 0 Å². The molecular weight excluding hydrogens is 216 g/mol. The van der Waals surface area contributed by atoms with Crippen LogP contribution in [0.3, 0.4) is 0 Å². The number of carbonyl (C=O) groups is 1. The molecule has 1 rings (SSSR count). The monoisotopic (exact) mass is 224 g/mol. The zero-order valence-corrected chi connectivity index (χ0v) is 8.34. The third kappa shape index (κ3) is 2.31. The number of benzene rings is 1. The van der Waals surface area contributed by atoms with Gasteiger partial charge in [0.05, 0.1) is 0 Å². The van der Waals surface area contributed by atoms with E-state index in [0.717, 1.165) is 21.9 Å². The lowest BCUT2D eigenvalue weighted by atomic mass is 10.1. The summed E-state index contributed by atoms with van der Waals surface area (Å²) in [6.45, 7) is 1.91. The number of halogens is 1. The van der Waals surface area contributed by atoms with Crippen LogP contribution in [0.1, 0.15) is 12.5 Å². The Bertz CT molecular complexity index is 315. The summed E-state index contributed by atoms with van der Waals surface area (Å²) < 4.78 is 1.03. The molecule has 0 aliphatic heterocycles. The van der Waals surface area contributed by atoms with Crippen LogP contribution in [0.2, 0.25) is 0 Å². The molecule has 0 saturated heterocycles. The van der Waals surface area contributed by atoms with E-state index in [1.54, 1.807) is 6.08 Å². The summed E-state index contributed by atoms with van der Waals surface area (Å²) in [5.41, 5.74) is 2.04. The number of carbonyl (C=O) groups excluding carboxylic acids is 1. The molecule has 0 fully saturated rings. The third-order valence-corrected chi connectivity index (χ3v) is 2.09. The van der Waals surface area contributed by atoms with Gasteiger partial charge in [-0.1, -0.05) is 28.1 Å². The zero-order chi connectivity index (χ0) is 8.97. The first kappa shape index (κ1) is 9.20. The van der Waals surface area contributed by atoms with Crippen molar-refractivity contribution in [3.05, 3.63) is 40.4 Å². The molecule has 0 aromatic heterocycles. The molecule has 0 spiro atoms. The van der Waals surface area contributed by atoms with Crippen LogP contribution < -0.4 is 0 Å². The van der Waals surface area contributed by atoms with Crippen molar-refractivity contribution in [2.75, 3.05) is 0 Å². The molecule has 1 aromatic carbocycles. The summed E-state index contributed by atoms with van der Waals surface area (Å²) in [5.74, 6) is 0. The van der Waals surface area contributed by atoms with Crippen LogP contribution in [0.4, 0.5) is 0 Å². The molecule has 0 radical (unpaired) electrons. The molecular formula is C10H9BrO. The average molecular weight is 225 g/mol. The van der Waals surface area contributed by atoms with Gasteiger partial charge in [0.15, 0.2) is 0 Å². The smallest absolute Gasteiger partial charge is 0.143 e. The second-order valence-corrected chi connectivity index (χ2v) is 3.41. The van der Waals surface area contributed by atoms with Crippen LogP contribution in [0.15, 0.2) is 34.8 Å². The summed E-state index contributed by atoms with van der Waals surface area (Å²) >= 11 is 3.37. The maximum atomic E-state index is 10.2. The van der Waals surface area contributed by atoms with E-state index in [1.807, 2.05) is 31.2 Å². The first-order valence-corrected chi connectivity index (χ1v) is 4.41. The van der Waals surface area contributed by atoms with Crippen molar-refractivity contribution in [3.63, 3.8) is 0 Å². The Morgan fingerprint density at radius 1 is 1.50 bits per heavy atom. The second-order valence-electron chi connectivity index (χ2n) is 2.50. The SMILES string of the molecule is CC(=CC=O)c1cccc(Br)c1. The Labute approximate surface area is 80.2 Å². The standard InChI is InChI=1S/C10H9BrO/c1-8(5-6-12)9-3-2-4-10(11)7-9/h2-7H,1H3. The van der Waals surface area contributed by atoms with Gasteiger partial charge in [0.25, 0.3) is 0 Å². The highest BCUT2D eigenvalue weighted by atomic mass is 79.9. The molecule has 0 aliphatic carbocycles. The van der Waals surface area contributed by atoms with Crippen molar-refractivity contribution >= 4 is 27.8 Å². The van der Waals surface area contributed by atoms with Gasteiger partial charge in [-0.3, -0.25) is 4.79 Å². The molecule has 1 nitrogen and oxygen atoms in total. The van der Waals surface area contributed by atoms with E-state index in [4.69, 9.17) is 0 Å². The molecule has 0 amide bonds. The molecule has 0 bridgehead atoms. The predicted octanol–water partition coefficient (Wildman–Crippen LogP) is 3.05.